The Kier molecular flexibility index (Phi) is 8.79. The molecule has 10 nitrogen and oxygen atoms in total. The number of nitrogens with zero attached hydrogens (tertiary/aromatic N) is 6. The number of benzene rings is 2. The Hall–Kier alpha value is -4.18. The summed E-state index contributed by atoms with van der Waals surface area (Å²) in [6.07, 6.45) is 3.77. The number of hydrogen-bond donors (Lipinski definition) is 2. The zero-order chi connectivity index (χ0) is 33.5. The molecule has 2 atom stereocenters. The molecule has 0 unspecified atom stereocenters. The average Bonchev–Trinajstić information content (AvgIpc) is 3.69. The number of amides is 2. The van der Waals surface area contributed by atoms with Crippen LogP contribution in [0, 0.1) is 0 Å². The molecule has 2 saturated heterocycles. The quantitative estimate of drug-likeness (QED) is 0.191. The number of hydrogen-bond acceptors (Lipinski definition) is 10. The summed E-state index contributed by atoms with van der Waals surface area (Å²) in [5.41, 5.74) is 2.78. The topological polar surface area (TPSA) is 116 Å². The Morgan fingerprint density at radius 2 is 1.15 bits per heavy atom. The van der Waals surface area contributed by atoms with Crippen LogP contribution in [-0.4, -0.2) is 70.2 Å². The van der Waals surface area contributed by atoms with Crippen molar-refractivity contribution in [3.05, 3.63) is 69.7 Å². The van der Waals surface area contributed by atoms with E-state index in [0.29, 0.717) is 21.6 Å². The fraction of sp³-hybridized carbons (Fsp3) is 0.438. The molecule has 2 N–H and O–H groups in total. The van der Waals surface area contributed by atoms with Crippen LogP contribution < -0.4 is 20.4 Å². The van der Waals surface area contributed by atoms with E-state index in [0.717, 1.165) is 46.8 Å². The molecule has 3 fully saturated rings. The number of alkyl halides is 4. The van der Waals surface area contributed by atoms with E-state index < -0.39 is 11.8 Å². The first kappa shape index (κ1) is 32.4. The highest BCUT2D eigenvalue weighted by Crippen LogP contribution is 2.43. The van der Waals surface area contributed by atoms with Gasteiger partial charge in [0, 0.05) is 23.2 Å². The van der Waals surface area contributed by atoms with Gasteiger partial charge < -0.3 is 20.4 Å². The minimum atomic E-state index is -2.67. The van der Waals surface area contributed by atoms with Crippen molar-refractivity contribution in [1.29, 1.82) is 0 Å². The highest BCUT2D eigenvalue weighted by Gasteiger charge is 2.44. The highest BCUT2D eigenvalue weighted by atomic mass is 32.1. The lowest BCUT2D eigenvalue weighted by Crippen LogP contribution is -2.56. The molecule has 16 heteroatoms. The summed E-state index contributed by atoms with van der Waals surface area (Å²) in [7, 11) is 0. The van der Waals surface area contributed by atoms with E-state index in [1.54, 1.807) is 58.3 Å². The third-order valence-electron chi connectivity index (χ3n) is 8.72. The Balaban J connectivity index is 0.899. The van der Waals surface area contributed by atoms with Crippen LogP contribution in [0.4, 0.5) is 39.2 Å². The number of carbonyl (C=O) groups is 2. The van der Waals surface area contributed by atoms with Gasteiger partial charge in [0.2, 0.25) is 22.1 Å². The molecular formula is C32H32F4N8O2S2. The summed E-state index contributed by atoms with van der Waals surface area (Å²) in [5.74, 6) is -5.59. The second-order valence-corrected chi connectivity index (χ2v) is 14.7. The molecular weight excluding hydrogens is 669 g/mol. The van der Waals surface area contributed by atoms with E-state index in [4.69, 9.17) is 0 Å². The summed E-state index contributed by atoms with van der Waals surface area (Å²) in [6.45, 7) is -1.28. The molecule has 4 aromatic rings. The lowest BCUT2D eigenvalue weighted by molar-refractivity contribution is -0.116. The van der Waals surface area contributed by atoms with Crippen LogP contribution in [-0.2, 0) is 22.4 Å². The maximum absolute atomic E-state index is 13.3. The second kappa shape index (κ2) is 13.0. The molecule has 0 spiro atoms. The second-order valence-electron chi connectivity index (χ2n) is 12.7. The molecule has 3 aliphatic rings. The predicted molar refractivity (Wildman–Crippen MR) is 176 cm³/mol. The van der Waals surface area contributed by atoms with Gasteiger partial charge in [-0.2, -0.15) is 0 Å². The molecule has 2 aromatic carbocycles. The number of aromatic nitrogens is 4. The Morgan fingerprint density at radius 1 is 0.708 bits per heavy atom. The summed E-state index contributed by atoms with van der Waals surface area (Å²) in [5, 5.41) is 25.2. The van der Waals surface area contributed by atoms with Crippen LogP contribution in [0.5, 0.6) is 0 Å². The molecule has 2 aromatic heterocycles. The standard InChI is InChI=1S/C32H32F4N8O2S2/c33-31(34)15-43(16-31)23-8-1-4-19(10-23)12-25(45)37-29-41-39-27(47-29)21-6-3-7-22(14-21)28-40-42-30(48-28)38-26(46)13-20-5-2-9-24(11-20)44-17-32(35,36)18-44/h1-2,4-5,8-11,21-22H,3,6-7,12-18H2,(H,37,41,45)(H,38,42,46)/t21-,22-/m0/s1. The normalized spacial score (nSPS) is 21.2. The molecule has 2 amide bonds. The van der Waals surface area contributed by atoms with Crippen molar-refractivity contribution in [3.63, 3.8) is 0 Å². The molecule has 252 valence electrons. The average molecular weight is 701 g/mol. The molecule has 1 saturated carbocycles. The summed E-state index contributed by atoms with van der Waals surface area (Å²) >= 11 is 2.69. The minimum Gasteiger partial charge on any atom is -0.359 e. The number of carbonyl (C=O) groups excluding carboxylic acids is 2. The van der Waals surface area contributed by atoms with Crippen molar-refractivity contribution in [2.24, 2.45) is 0 Å². The van der Waals surface area contributed by atoms with Gasteiger partial charge in [-0.25, -0.2) is 17.6 Å². The number of halogens is 4. The van der Waals surface area contributed by atoms with E-state index in [-0.39, 0.29) is 62.7 Å². The Labute approximate surface area is 281 Å². The minimum absolute atomic E-state index is 0.0842. The van der Waals surface area contributed by atoms with Crippen molar-refractivity contribution in [1.82, 2.24) is 20.4 Å². The fourth-order valence-corrected chi connectivity index (χ4v) is 8.17. The highest BCUT2D eigenvalue weighted by molar-refractivity contribution is 7.15. The zero-order valence-electron chi connectivity index (χ0n) is 25.7. The number of rotatable bonds is 10. The van der Waals surface area contributed by atoms with E-state index in [1.807, 2.05) is 0 Å². The van der Waals surface area contributed by atoms with Crippen molar-refractivity contribution in [3.8, 4) is 0 Å². The zero-order valence-corrected chi connectivity index (χ0v) is 27.3. The van der Waals surface area contributed by atoms with Gasteiger partial charge in [-0.15, -0.1) is 20.4 Å². The Bertz CT molecular complexity index is 1670. The van der Waals surface area contributed by atoms with E-state index in [9.17, 15) is 27.2 Å². The van der Waals surface area contributed by atoms with Gasteiger partial charge >= 0.3 is 0 Å². The Morgan fingerprint density at radius 3 is 1.56 bits per heavy atom. The SMILES string of the molecule is O=C(Cc1cccc(N2CC(F)(F)C2)c1)Nc1nnc([C@H]2CCC[C@H](c3nnc(NC(=O)Cc4cccc(N5CC(F)(F)C5)c4)s3)C2)s1. The van der Waals surface area contributed by atoms with Crippen LogP contribution in [0.25, 0.3) is 0 Å². The van der Waals surface area contributed by atoms with E-state index >= 15 is 0 Å². The lowest BCUT2D eigenvalue weighted by Gasteiger charge is -2.40. The van der Waals surface area contributed by atoms with Gasteiger partial charge in [0.25, 0.3) is 11.8 Å². The maximum atomic E-state index is 13.3. The van der Waals surface area contributed by atoms with Crippen LogP contribution in [0.1, 0.15) is 58.7 Å². The van der Waals surface area contributed by atoms with Gasteiger partial charge in [0.15, 0.2) is 0 Å². The smallest absolute Gasteiger partial charge is 0.282 e. The predicted octanol–water partition coefficient (Wildman–Crippen LogP) is 6.10. The monoisotopic (exact) mass is 700 g/mol. The third-order valence-corrected chi connectivity index (χ3v) is 10.7. The lowest BCUT2D eigenvalue weighted by atomic mass is 9.82. The first-order valence-electron chi connectivity index (χ1n) is 15.7. The molecule has 2 aliphatic heterocycles. The van der Waals surface area contributed by atoms with Gasteiger partial charge in [0.05, 0.1) is 39.0 Å². The molecule has 0 bridgehead atoms. The number of nitrogens with one attached hydrogen (secondary N) is 2. The van der Waals surface area contributed by atoms with Gasteiger partial charge in [-0.1, -0.05) is 53.4 Å². The van der Waals surface area contributed by atoms with Crippen molar-refractivity contribution < 1.29 is 27.2 Å². The molecule has 0 radical (unpaired) electrons. The van der Waals surface area contributed by atoms with Gasteiger partial charge in [0.1, 0.15) is 10.0 Å². The van der Waals surface area contributed by atoms with Gasteiger partial charge in [-0.05, 0) is 54.7 Å². The van der Waals surface area contributed by atoms with Crippen molar-refractivity contribution >= 4 is 56.1 Å². The van der Waals surface area contributed by atoms with Crippen molar-refractivity contribution in [2.45, 2.75) is 62.2 Å². The van der Waals surface area contributed by atoms with Crippen molar-refractivity contribution in [2.75, 3.05) is 46.6 Å². The molecule has 7 rings (SSSR count). The molecule has 1 aliphatic carbocycles. The summed E-state index contributed by atoms with van der Waals surface area (Å²) < 4.78 is 53.1. The van der Waals surface area contributed by atoms with Crippen LogP contribution in [0.2, 0.25) is 0 Å². The molecule has 48 heavy (non-hydrogen) atoms. The maximum Gasteiger partial charge on any atom is 0.282 e. The van der Waals surface area contributed by atoms with Gasteiger partial charge in [-0.3, -0.25) is 9.59 Å². The summed E-state index contributed by atoms with van der Waals surface area (Å²) in [6, 6.07) is 14.1. The van der Waals surface area contributed by atoms with Crippen LogP contribution in [0.15, 0.2) is 48.5 Å². The number of anilines is 4. The van der Waals surface area contributed by atoms with E-state index in [1.165, 1.54) is 22.7 Å². The first-order valence-corrected chi connectivity index (χ1v) is 17.3. The summed E-state index contributed by atoms with van der Waals surface area (Å²) in [4.78, 5) is 28.7. The van der Waals surface area contributed by atoms with E-state index in [2.05, 4.69) is 31.0 Å². The fourth-order valence-electron chi connectivity index (χ4n) is 6.35. The third kappa shape index (κ3) is 7.59. The first-order chi connectivity index (χ1) is 23.0. The van der Waals surface area contributed by atoms with Crippen LogP contribution in [0.3, 0.4) is 0 Å². The molecule has 4 heterocycles. The van der Waals surface area contributed by atoms with Crippen LogP contribution >= 0.6 is 22.7 Å². The largest absolute Gasteiger partial charge is 0.359 e.